The fourth-order valence-electron chi connectivity index (χ4n) is 1.83. The van der Waals surface area contributed by atoms with Crippen molar-refractivity contribution in [2.45, 2.75) is 13.2 Å². The molecule has 0 fully saturated rings. The summed E-state index contributed by atoms with van der Waals surface area (Å²) >= 11 is 0. The van der Waals surface area contributed by atoms with E-state index in [4.69, 9.17) is 14.6 Å². The van der Waals surface area contributed by atoms with Gasteiger partial charge in [0.25, 0.3) is 5.56 Å². The molecular formula is C15H17NO4. The van der Waals surface area contributed by atoms with Crippen LogP contribution in [0.2, 0.25) is 0 Å². The average Bonchev–Trinajstić information content (AvgIpc) is 2.49. The highest BCUT2D eigenvalue weighted by molar-refractivity contribution is 5.42. The molecule has 2 aromatic rings. The van der Waals surface area contributed by atoms with E-state index in [2.05, 4.69) is 0 Å². The fourth-order valence-corrected chi connectivity index (χ4v) is 1.83. The molecule has 0 atom stereocenters. The van der Waals surface area contributed by atoms with Gasteiger partial charge in [-0.15, -0.1) is 0 Å². The second kappa shape index (κ2) is 6.77. The van der Waals surface area contributed by atoms with Crippen LogP contribution in [0.4, 0.5) is 0 Å². The maximum absolute atomic E-state index is 11.5. The van der Waals surface area contributed by atoms with E-state index in [-0.39, 0.29) is 12.2 Å². The molecule has 0 unspecified atom stereocenters. The van der Waals surface area contributed by atoms with Crippen LogP contribution < -0.4 is 15.0 Å². The summed E-state index contributed by atoms with van der Waals surface area (Å²) in [7, 11) is 1.56. The van der Waals surface area contributed by atoms with Crippen molar-refractivity contribution in [1.29, 1.82) is 0 Å². The summed E-state index contributed by atoms with van der Waals surface area (Å²) in [6.45, 7) is 0.736. The van der Waals surface area contributed by atoms with Gasteiger partial charge in [0.05, 0.1) is 20.3 Å². The Balaban J connectivity index is 2.03. The zero-order chi connectivity index (χ0) is 14.4. The zero-order valence-corrected chi connectivity index (χ0v) is 11.3. The second-order valence-corrected chi connectivity index (χ2v) is 4.22. The number of ether oxygens (including phenoxy) is 2. The van der Waals surface area contributed by atoms with Crippen LogP contribution in [0.5, 0.6) is 11.5 Å². The van der Waals surface area contributed by atoms with Gasteiger partial charge in [-0.1, -0.05) is 12.1 Å². The molecule has 20 heavy (non-hydrogen) atoms. The summed E-state index contributed by atoms with van der Waals surface area (Å²) < 4.78 is 12.4. The number of pyridine rings is 1. The first kappa shape index (κ1) is 14.1. The number of hydrogen-bond acceptors (Lipinski definition) is 4. The predicted molar refractivity (Wildman–Crippen MR) is 75.1 cm³/mol. The monoisotopic (exact) mass is 275 g/mol. The standard InChI is InChI=1S/C15H17NO4/c1-19-13-6-5-12(11-17)10-14(13)20-9-8-16-7-3-2-4-15(16)18/h2-7,10,17H,8-9,11H2,1H3. The number of rotatable bonds is 6. The van der Waals surface area contributed by atoms with E-state index in [1.807, 2.05) is 0 Å². The predicted octanol–water partition coefficient (Wildman–Crippen LogP) is 1.43. The Hall–Kier alpha value is -2.27. The zero-order valence-electron chi connectivity index (χ0n) is 11.3. The first-order valence-corrected chi connectivity index (χ1v) is 6.30. The van der Waals surface area contributed by atoms with E-state index in [1.54, 1.807) is 48.2 Å². The van der Waals surface area contributed by atoms with Crippen molar-refractivity contribution in [1.82, 2.24) is 4.57 Å². The molecule has 0 aliphatic heterocycles. The topological polar surface area (TPSA) is 60.7 Å². The summed E-state index contributed by atoms with van der Waals surface area (Å²) in [5.74, 6) is 1.16. The van der Waals surface area contributed by atoms with Gasteiger partial charge in [0.15, 0.2) is 11.5 Å². The summed E-state index contributed by atoms with van der Waals surface area (Å²) in [4.78, 5) is 11.5. The lowest BCUT2D eigenvalue weighted by atomic mass is 10.2. The Bertz CT molecular complexity index is 621. The molecule has 0 amide bonds. The Morgan fingerprint density at radius 3 is 2.75 bits per heavy atom. The van der Waals surface area contributed by atoms with E-state index in [0.717, 1.165) is 5.56 Å². The number of aliphatic hydroxyl groups excluding tert-OH is 1. The molecule has 1 heterocycles. The molecule has 0 saturated heterocycles. The number of benzene rings is 1. The smallest absolute Gasteiger partial charge is 0.250 e. The molecule has 0 bridgehead atoms. The molecular weight excluding hydrogens is 258 g/mol. The number of aliphatic hydroxyl groups is 1. The summed E-state index contributed by atoms with van der Waals surface area (Å²) in [5, 5.41) is 9.12. The molecule has 5 nitrogen and oxygen atoms in total. The Kier molecular flexibility index (Phi) is 4.79. The third-order valence-corrected chi connectivity index (χ3v) is 2.90. The van der Waals surface area contributed by atoms with Crippen LogP contribution >= 0.6 is 0 Å². The quantitative estimate of drug-likeness (QED) is 0.866. The molecule has 5 heteroatoms. The number of methoxy groups -OCH3 is 1. The van der Waals surface area contributed by atoms with Crippen LogP contribution in [-0.2, 0) is 13.2 Å². The highest BCUT2D eigenvalue weighted by Crippen LogP contribution is 2.28. The summed E-state index contributed by atoms with van der Waals surface area (Å²) in [6.07, 6.45) is 1.72. The van der Waals surface area contributed by atoms with Crippen LogP contribution in [0.15, 0.2) is 47.4 Å². The highest BCUT2D eigenvalue weighted by atomic mass is 16.5. The van der Waals surface area contributed by atoms with E-state index in [9.17, 15) is 4.79 Å². The minimum absolute atomic E-state index is 0.0570. The summed E-state index contributed by atoms with van der Waals surface area (Å²) in [5.41, 5.74) is 0.685. The van der Waals surface area contributed by atoms with Gasteiger partial charge in [-0.05, 0) is 23.8 Å². The lowest BCUT2D eigenvalue weighted by Gasteiger charge is -2.12. The van der Waals surface area contributed by atoms with E-state index in [1.165, 1.54) is 6.07 Å². The largest absolute Gasteiger partial charge is 0.493 e. The molecule has 0 spiro atoms. The Morgan fingerprint density at radius 2 is 2.05 bits per heavy atom. The third kappa shape index (κ3) is 3.39. The number of nitrogens with zero attached hydrogens (tertiary/aromatic N) is 1. The van der Waals surface area contributed by atoms with E-state index >= 15 is 0 Å². The lowest BCUT2D eigenvalue weighted by molar-refractivity contribution is 0.269. The van der Waals surface area contributed by atoms with E-state index in [0.29, 0.717) is 24.7 Å². The molecule has 2 rings (SSSR count). The van der Waals surface area contributed by atoms with Gasteiger partial charge in [-0.2, -0.15) is 0 Å². The molecule has 106 valence electrons. The van der Waals surface area contributed by atoms with Crippen molar-refractivity contribution in [3.8, 4) is 11.5 Å². The normalized spacial score (nSPS) is 10.3. The minimum Gasteiger partial charge on any atom is -0.493 e. The molecule has 1 aromatic carbocycles. The fraction of sp³-hybridized carbons (Fsp3) is 0.267. The average molecular weight is 275 g/mol. The first-order valence-electron chi connectivity index (χ1n) is 6.30. The minimum atomic E-state index is -0.0628. The number of aromatic nitrogens is 1. The van der Waals surface area contributed by atoms with Gasteiger partial charge < -0.3 is 19.1 Å². The van der Waals surface area contributed by atoms with Crippen molar-refractivity contribution in [3.05, 3.63) is 58.5 Å². The van der Waals surface area contributed by atoms with Gasteiger partial charge >= 0.3 is 0 Å². The SMILES string of the molecule is COc1ccc(CO)cc1OCCn1ccccc1=O. The van der Waals surface area contributed by atoms with Crippen molar-refractivity contribution < 1.29 is 14.6 Å². The second-order valence-electron chi connectivity index (χ2n) is 4.22. The Labute approximate surface area is 117 Å². The lowest BCUT2D eigenvalue weighted by Crippen LogP contribution is -2.21. The van der Waals surface area contributed by atoms with E-state index < -0.39 is 0 Å². The van der Waals surface area contributed by atoms with Crippen molar-refractivity contribution in [2.24, 2.45) is 0 Å². The van der Waals surface area contributed by atoms with Crippen molar-refractivity contribution in [3.63, 3.8) is 0 Å². The van der Waals surface area contributed by atoms with Gasteiger partial charge in [0.1, 0.15) is 6.61 Å². The van der Waals surface area contributed by atoms with Crippen molar-refractivity contribution >= 4 is 0 Å². The molecule has 1 aromatic heterocycles. The molecule has 0 saturated carbocycles. The third-order valence-electron chi connectivity index (χ3n) is 2.90. The summed E-state index contributed by atoms with van der Waals surface area (Å²) in [6, 6.07) is 10.3. The molecule has 1 N–H and O–H groups in total. The number of hydrogen-bond donors (Lipinski definition) is 1. The van der Waals surface area contributed by atoms with Gasteiger partial charge in [0.2, 0.25) is 0 Å². The first-order chi connectivity index (χ1) is 9.74. The molecule has 0 radical (unpaired) electrons. The van der Waals surface area contributed by atoms with Crippen LogP contribution in [-0.4, -0.2) is 23.4 Å². The van der Waals surface area contributed by atoms with Crippen molar-refractivity contribution in [2.75, 3.05) is 13.7 Å². The van der Waals surface area contributed by atoms with Crippen LogP contribution in [0.1, 0.15) is 5.56 Å². The van der Waals surface area contributed by atoms with Crippen LogP contribution in [0, 0.1) is 0 Å². The van der Waals surface area contributed by atoms with Gasteiger partial charge in [-0.3, -0.25) is 4.79 Å². The van der Waals surface area contributed by atoms with Gasteiger partial charge in [-0.25, -0.2) is 0 Å². The van der Waals surface area contributed by atoms with Crippen LogP contribution in [0.3, 0.4) is 0 Å². The Morgan fingerprint density at radius 1 is 1.20 bits per heavy atom. The van der Waals surface area contributed by atoms with Crippen LogP contribution in [0.25, 0.3) is 0 Å². The molecule has 0 aliphatic rings. The highest BCUT2D eigenvalue weighted by Gasteiger charge is 2.05. The maximum Gasteiger partial charge on any atom is 0.250 e. The maximum atomic E-state index is 11.5. The molecule has 0 aliphatic carbocycles. The van der Waals surface area contributed by atoms with Gasteiger partial charge in [0, 0.05) is 12.3 Å².